The maximum atomic E-state index is 14.1. The summed E-state index contributed by atoms with van der Waals surface area (Å²) in [6, 6.07) is 5.43. The number of rotatable bonds is 9. The normalized spacial score (nSPS) is 12.7. The number of methoxy groups -OCH3 is 1. The quantitative estimate of drug-likeness (QED) is 0.312. The smallest absolute Gasteiger partial charge is 0.333 e. The number of aryl methyl sites for hydroxylation is 1. The summed E-state index contributed by atoms with van der Waals surface area (Å²) in [5.41, 5.74) is -2.47. The summed E-state index contributed by atoms with van der Waals surface area (Å²) in [6.07, 6.45) is 1.91. The summed E-state index contributed by atoms with van der Waals surface area (Å²) in [7, 11) is 1.39. The number of carbonyl (C=O) groups excluding carboxylic acids is 1. The van der Waals surface area contributed by atoms with Gasteiger partial charge in [0, 0.05) is 23.5 Å². The molecule has 12 heteroatoms. The molecule has 10 nitrogen and oxygen atoms in total. The monoisotopic (exact) mass is 558 g/mol. The van der Waals surface area contributed by atoms with Gasteiger partial charge in [0.25, 0.3) is 5.56 Å². The third-order valence-corrected chi connectivity index (χ3v) is 7.72. The van der Waals surface area contributed by atoms with Crippen molar-refractivity contribution in [3.63, 3.8) is 0 Å². The molecule has 0 unspecified atom stereocenters. The molecule has 0 aliphatic heterocycles. The number of thiophene rings is 1. The van der Waals surface area contributed by atoms with Gasteiger partial charge >= 0.3 is 11.7 Å². The van der Waals surface area contributed by atoms with Crippen LogP contribution in [0.3, 0.4) is 0 Å². The first-order chi connectivity index (χ1) is 18.4. The first kappa shape index (κ1) is 28.2. The Labute approximate surface area is 227 Å². The van der Waals surface area contributed by atoms with Crippen LogP contribution in [-0.4, -0.2) is 43.7 Å². The highest BCUT2D eigenvalue weighted by atomic mass is 32.1. The highest BCUT2D eigenvalue weighted by Gasteiger charge is 2.37. The number of aliphatic hydroxyl groups excluding tert-OH is 1. The SMILES string of the molecule is COc1ccc(F)cc1[C@@H](O)Cn1c(=O)n(C(C)(C)C(=O)OCC(C)C)c(=O)c2c(C)c(-n3cccn3)sc21. The zero-order chi connectivity index (χ0) is 28.6. The Morgan fingerprint density at radius 2 is 1.97 bits per heavy atom. The number of fused-ring (bicyclic) bond motifs is 1. The third kappa shape index (κ3) is 5.13. The van der Waals surface area contributed by atoms with Gasteiger partial charge in [0.05, 0.1) is 25.6 Å². The molecule has 1 N–H and O–H groups in total. The molecule has 3 heterocycles. The summed E-state index contributed by atoms with van der Waals surface area (Å²) in [6.45, 7) is 8.13. The molecule has 0 spiro atoms. The van der Waals surface area contributed by atoms with Gasteiger partial charge < -0.3 is 14.6 Å². The van der Waals surface area contributed by atoms with Crippen LogP contribution in [0.25, 0.3) is 15.2 Å². The molecule has 4 rings (SSSR count). The molecule has 0 aliphatic carbocycles. The Bertz CT molecular complexity index is 1630. The number of hydrogen-bond acceptors (Lipinski definition) is 8. The fourth-order valence-corrected chi connectivity index (χ4v) is 5.59. The van der Waals surface area contributed by atoms with Crippen molar-refractivity contribution in [1.29, 1.82) is 0 Å². The van der Waals surface area contributed by atoms with Crippen molar-refractivity contribution in [2.75, 3.05) is 13.7 Å². The minimum absolute atomic E-state index is 0.0488. The molecule has 0 fully saturated rings. The van der Waals surface area contributed by atoms with Gasteiger partial charge in [-0.05, 0) is 51.0 Å². The minimum atomic E-state index is -1.67. The number of ether oxygens (including phenoxy) is 2. The van der Waals surface area contributed by atoms with E-state index in [0.717, 1.165) is 22.0 Å². The second kappa shape index (κ2) is 10.8. The van der Waals surface area contributed by atoms with Gasteiger partial charge in [0.2, 0.25) is 0 Å². The van der Waals surface area contributed by atoms with Crippen LogP contribution in [0.5, 0.6) is 5.75 Å². The molecule has 0 bridgehead atoms. The second-order valence-electron chi connectivity index (χ2n) is 10.2. The van der Waals surface area contributed by atoms with Crippen LogP contribution in [0.1, 0.15) is 44.9 Å². The number of benzene rings is 1. The Balaban J connectivity index is 1.97. The van der Waals surface area contributed by atoms with Crippen LogP contribution in [0.4, 0.5) is 4.39 Å². The minimum Gasteiger partial charge on any atom is -0.496 e. The Morgan fingerprint density at radius 3 is 2.59 bits per heavy atom. The van der Waals surface area contributed by atoms with Crippen molar-refractivity contribution in [3.8, 4) is 10.8 Å². The van der Waals surface area contributed by atoms with Crippen molar-refractivity contribution >= 4 is 27.5 Å². The van der Waals surface area contributed by atoms with E-state index in [4.69, 9.17) is 9.47 Å². The largest absolute Gasteiger partial charge is 0.496 e. The van der Waals surface area contributed by atoms with Gasteiger partial charge in [-0.25, -0.2) is 23.2 Å². The molecular weight excluding hydrogens is 527 g/mol. The van der Waals surface area contributed by atoms with Crippen LogP contribution < -0.4 is 16.0 Å². The summed E-state index contributed by atoms with van der Waals surface area (Å²) in [5.74, 6) is -1.05. The van der Waals surface area contributed by atoms with Gasteiger partial charge in [-0.15, -0.1) is 0 Å². The number of esters is 1. The fourth-order valence-electron chi connectivity index (χ4n) is 4.34. The van der Waals surface area contributed by atoms with Crippen LogP contribution in [0.2, 0.25) is 0 Å². The van der Waals surface area contributed by atoms with Crippen LogP contribution >= 0.6 is 11.3 Å². The molecule has 0 saturated heterocycles. The van der Waals surface area contributed by atoms with E-state index in [9.17, 15) is 23.9 Å². The lowest BCUT2D eigenvalue weighted by atomic mass is 10.0. The number of halogens is 1. The van der Waals surface area contributed by atoms with Gasteiger partial charge in [-0.3, -0.25) is 9.36 Å². The molecule has 4 aromatic rings. The second-order valence-corrected chi connectivity index (χ2v) is 11.1. The standard InChI is InChI=1S/C27H31FN4O6S/c1-15(2)14-38-25(35)27(4,5)32-22(34)21-16(3)23(31-11-7-10-29-31)39-24(21)30(26(32)36)13-19(33)18-12-17(28)8-9-20(18)37-6/h7-12,15,19,33H,13-14H2,1-6H3/t19-/m0/s1. The number of hydrogen-bond donors (Lipinski definition) is 1. The first-order valence-electron chi connectivity index (χ1n) is 12.4. The zero-order valence-corrected chi connectivity index (χ0v) is 23.4. The molecule has 1 atom stereocenters. The van der Waals surface area contributed by atoms with Crippen molar-refractivity contribution in [3.05, 3.63) is 74.4 Å². The maximum Gasteiger partial charge on any atom is 0.333 e. The van der Waals surface area contributed by atoms with E-state index in [1.807, 2.05) is 13.8 Å². The Hall–Kier alpha value is -3.77. The summed E-state index contributed by atoms with van der Waals surface area (Å²) < 4.78 is 28.4. The van der Waals surface area contributed by atoms with Crippen molar-refractivity contribution in [2.45, 2.75) is 52.8 Å². The molecule has 3 aromatic heterocycles. The van der Waals surface area contributed by atoms with Gasteiger partial charge in [-0.2, -0.15) is 5.10 Å². The predicted octanol–water partition coefficient (Wildman–Crippen LogP) is 3.53. The molecule has 39 heavy (non-hydrogen) atoms. The van der Waals surface area contributed by atoms with E-state index in [-0.39, 0.29) is 40.6 Å². The fraction of sp³-hybridized carbons (Fsp3) is 0.407. The molecule has 0 amide bonds. The Morgan fingerprint density at radius 1 is 1.26 bits per heavy atom. The Kier molecular flexibility index (Phi) is 7.80. The van der Waals surface area contributed by atoms with Crippen LogP contribution in [-0.2, 0) is 21.6 Å². The lowest BCUT2D eigenvalue weighted by Crippen LogP contribution is -2.53. The first-order valence-corrected chi connectivity index (χ1v) is 13.2. The highest BCUT2D eigenvalue weighted by molar-refractivity contribution is 7.21. The number of carbonyl (C=O) groups is 1. The lowest BCUT2D eigenvalue weighted by Gasteiger charge is -2.26. The molecule has 208 valence electrons. The summed E-state index contributed by atoms with van der Waals surface area (Å²) in [5, 5.41) is 16.2. The zero-order valence-electron chi connectivity index (χ0n) is 22.6. The van der Waals surface area contributed by atoms with E-state index < -0.39 is 34.7 Å². The number of aliphatic hydroxyl groups is 1. The number of nitrogens with zero attached hydrogens (tertiary/aromatic N) is 4. The average Bonchev–Trinajstić information content (AvgIpc) is 3.52. The highest BCUT2D eigenvalue weighted by Crippen LogP contribution is 2.33. The summed E-state index contributed by atoms with van der Waals surface area (Å²) >= 11 is 1.15. The lowest BCUT2D eigenvalue weighted by molar-refractivity contribution is -0.154. The molecule has 0 saturated carbocycles. The number of aromatic nitrogens is 4. The molecule has 1 aromatic carbocycles. The van der Waals surface area contributed by atoms with E-state index in [2.05, 4.69) is 5.10 Å². The molecule has 0 aliphatic rings. The van der Waals surface area contributed by atoms with Gasteiger partial charge in [0.1, 0.15) is 33.0 Å². The van der Waals surface area contributed by atoms with E-state index in [1.165, 1.54) is 37.7 Å². The van der Waals surface area contributed by atoms with E-state index in [0.29, 0.717) is 10.6 Å². The molecule has 0 radical (unpaired) electrons. The summed E-state index contributed by atoms with van der Waals surface area (Å²) in [4.78, 5) is 41.3. The van der Waals surface area contributed by atoms with Gasteiger partial charge in [-0.1, -0.05) is 25.2 Å². The van der Waals surface area contributed by atoms with Crippen LogP contribution in [0, 0.1) is 18.7 Å². The van der Waals surface area contributed by atoms with Gasteiger partial charge in [0.15, 0.2) is 0 Å². The molecular formula is C27H31FN4O6S. The maximum absolute atomic E-state index is 14.1. The van der Waals surface area contributed by atoms with Crippen molar-refractivity contribution < 1.29 is 23.8 Å². The average molecular weight is 559 g/mol. The van der Waals surface area contributed by atoms with Crippen molar-refractivity contribution in [2.24, 2.45) is 5.92 Å². The van der Waals surface area contributed by atoms with E-state index in [1.54, 1.807) is 30.1 Å². The predicted molar refractivity (Wildman–Crippen MR) is 145 cm³/mol. The topological polar surface area (TPSA) is 118 Å². The van der Waals surface area contributed by atoms with Crippen molar-refractivity contribution in [1.82, 2.24) is 18.9 Å². The third-order valence-electron chi connectivity index (χ3n) is 6.41. The van der Waals surface area contributed by atoms with E-state index >= 15 is 0 Å². The van der Waals surface area contributed by atoms with Crippen LogP contribution in [0.15, 0.2) is 46.2 Å².